The molecule has 1 unspecified atom stereocenters. The first-order valence-electron chi connectivity index (χ1n) is 3.11. The smallest absolute Gasteiger partial charge is 0.0684 e. The van der Waals surface area contributed by atoms with Gasteiger partial charge in [-0.05, 0) is 39.5 Å². The molecule has 1 heterocycles. The zero-order valence-corrected chi connectivity index (χ0v) is 8.50. The molecule has 3 heteroatoms. The van der Waals surface area contributed by atoms with Crippen molar-refractivity contribution in [3.05, 3.63) is 22.6 Å². The molecule has 0 N–H and O–H groups in total. The Morgan fingerprint density at radius 3 is 3.00 bits per heavy atom. The Hall–Kier alpha value is 0.110. The van der Waals surface area contributed by atoms with E-state index in [1.807, 2.05) is 0 Å². The van der Waals surface area contributed by atoms with Crippen LogP contribution in [0.2, 0.25) is 0 Å². The molecule has 0 aliphatic carbocycles. The molecule has 0 aromatic rings. The molecule has 0 spiro atoms. The van der Waals surface area contributed by atoms with Crippen LogP contribution >= 0.6 is 14.8 Å². The van der Waals surface area contributed by atoms with Gasteiger partial charge >= 0.3 is 0 Å². The van der Waals surface area contributed by atoms with Gasteiger partial charge in [0, 0.05) is 14.8 Å². The van der Waals surface area contributed by atoms with E-state index in [1.165, 1.54) is 11.1 Å². The first-order chi connectivity index (χ1) is 4.70. The van der Waals surface area contributed by atoms with Crippen LogP contribution in [-0.4, -0.2) is 6.54 Å². The lowest BCUT2D eigenvalue weighted by atomic mass is 10.1. The third-order valence-electron chi connectivity index (χ3n) is 1.53. The fraction of sp³-hybridized carbons (Fsp3) is 0.429. The van der Waals surface area contributed by atoms with E-state index >= 15 is 0 Å². The van der Waals surface area contributed by atoms with Gasteiger partial charge in [0.25, 0.3) is 0 Å². The third-order valence-corrected chi connectivity index (χ3v) is 3.53. The molecule has 0 bridgehead atoms. The maximum absolute atomic E-state index is 4.35. The Morgan fingerprint density at radius 2 is 2.30 bits per heavy atom. The first kappa shape index (κ1) is 8.21. The summed E-state index contributed by atoms with van der Waals surface area (Å²) in [7, 11) is -0.0337. The van der Waals surface area contributed by atoms with Crippen molar-refractivity contribution >= 4 is 23.9 Å². The Labute approximate surface area is 71.5 Å². The van der Waals surface area contributed by atoms with Crippen LogP contribution in [0.25, 0.3) is 0 Å². The summed E-state index contributed by atoms with van der Waals surface area (Å²) >= 11 is 3.44. The van der Waals surface area contributed by atoms with Crippen LogP contribution in [0.1, 0.15) is 13.8 Å². The van der Waals surface area contributed by atoms with E-state index in [2.05, 4.69) is 44.5 Å². The Bertz CT molecular complexity index is 228. The lowest BCUT2D eigenvalue weighted by Gasteiger charge is -1.95. The van der Waals surface area contributed by atoms with E-state index in [9.17, 15) is 0 Å². The number of rotatable bonds is 0. The summed E-state index contributed by atoms with van der Waals surface area (Å²) in [6.45, 7) is 5.11. The van der Waals surface area contributed by atoms with Crippen LogP contribution < -0.4 is 0 Å². The minimum atomic E-state index is -0.0337. The quantitative estimate of drug-likeness (QED) is 0.595. The van der Waals surface area contributed by atoms with Crippen molar-refractivity contribution in [2.24, 2.45) is 4.36 Å². The molecule has 1 atom stereocenters. The van der Waals surface area contributed by atoms with Crippen LogP contribution in [0.5, 0.6) is 0 Å². The molecule has 0 saturated heterocycles. The second-order valence-electron chi connectivity index (χ2n) is 2.32. The van der Waals surface area contributed by atoms with Crippen LogP contribution in [0.4, 0.5) is 0 Å². The second kappa shape index (κ2) is 3.49. The SMILES string of the molecule is CC1=C(C)CN=S(Br)C=C1. The van der Waals surface area contributed by atoms with Gasteiger partial charge in [-0.3, -0.25) is 0 Å². The van der Waals surface area contributed by atoms with Gasteiger partial charge in [0.05, 0.1) is 6.54 Å². The van der Waals surface area contributed by atoms with Gasteiger partial charge in [-0.25, -0.2) is 4.36 Å². The molecule has 1 nitrogen and oxygen atoms in total. The number of hydrogen-bond donors (Lipinski definition) is 0. The summed E-state index contributed by atoms with van der Waals surface area (Å²) in [6, 6.07) is 0. The number of hydrogen-bond acceptors (Lipinski definition) is 1. The minimum Gasteiger partial charge on any atom is -0.245 e. The molecule has 0 radical (unpaired) electrons. The summed E-state index contributed by atoms with van der Waals surface area (Å²) in [4.78, 5) is 0. The molecule has 56 valence electrons. The summed E-state index contributed by atoms with van der Waals surface area (Å²) < 4.78 is 4.35. The van der Waals surface area contributed by atoms with E-state index in [0.717, 1.165) is 6.54 Å². The van der Waals surface area contributed by atoms with Crippen molar-refractivity contribution in [2.45, 2.75) is 13.8 Å². The molecular formula is C7H10BrNS. The zero-order valence-electron chi connectivity index (χ0n) is 6.10. The number of halogens is 1. The summed E-state index contributed by atoms with van der Waals surface area (Å²) in [5.74, 6) is 0. The highest BCUT2D eigenvalue weighted by molar-refractivity contribution is 9.47. The first-order valence-corrected chi connectivity index (χ1v) is 6.20. The van der Waals surface area contributed by atoms with Crippen LogP contribution in [0.15, 0.2) is 27.0 Å². The minimum absolute atomic E-state index is 0.0337. The summed E-state index contributed by atoms with van der Waals surface area (Å²) in [6.07, 6.45) is 2.13. The Morgan fingerprint density at radius 1 is 1.60 bits per heavy atom. The maximum Gasteiger partial charge on any atom is 0.0684 e. The lowest BCUT2D eigenvalue weighted by molar-refractivity contribution is 1.13. The normalized spacial score (nSPS) is 26.1. The molecule has 10 heavy (non-hydrogen) atoms. The van der Waals surface area contributed by atoms with E-state index in [-0.39, 0.29) is 9.12 Å². The van der Waals surface area contributed by atoms with Crippen molar-refractivity contribution < 1.29 is 0 Å². The fourth-order valence-corrected chi connectivity index (χ4v) is 1.98. The van der Waals surface area contributed by atoms with Gasteiger partial charge in [0.2, 0.25) is 0 Å². The number of nitrogens with zero attached hydrogens (tertiary/aromatic N) is 1. The molecule has 1 aliphatic rings. The van der Waals surface area contributed by atoms with E-state index in [0.29, 0.717) is 0 Å². The summed E-state index contributed by atoms with van der Waals surface area (Å²) in [5.41, 5.74) is 2.71. The van der Waals surface area contributed by atoms with Crippen molar-refractivity contribution in [2.75, 3.05) is 6.54 Å². The predicted molar refractivity (Wildman–Crippen MR) is 51.1 cm³/mol. The van der Waals surface area contributed by atoms with Gasteiger partial charge in [-0.1, -0.05) is 6.08 Å². The standard InChI is InChI=1S/C7H10BrNS/c1-6-3-4-10(8)9-5-7(6)2/h3-4H,5H2,1-2H3. The maximum atomic E-state index is 4.35. The van der Waals surface area contributed by atoms with Crippen molar-refractivity contribution in [3.63, 3.8) is 0 Å². The fourth-order valence-electron chi connectivity index (χ4n) is 0.627. The molecule has 0 amide bonds. The summed E-state index contributed by atoms with van der Waals surface area (Å²) in [5, 5.41) is 2.09. The molecule has 0 saturated carbocycles. The monoisotopic (exact) mass is 219 g/mol. The molecule has 0 fully saturated rings. The van der Waals surface area contributed by atoms with Crippen molar-refractivity contribution in [3.8, 4) is 0 Å². The topological polar surface area (TPSA) is 12.4 Å². The number of allylic oxidation sites excluding steroid dienone is 2. The molecule has 1 aliphatic heterocycles. The highest BCUT2D eigenvalue weighted by Gasteiger charge is 1.96. The highest BCUT2D eigenvalue weighted by Crippen LogP contribution is 2.13. The average molecular weight is 220 g/mol. The molecule has 0 aromatic heterocycles. The van der Waals surface area contributed by atoms with Crippen molar-refractivity contribution in [1.82, 2.24) is 0 Å². The predicted octanol–water partition coefficient (Wildman–Crippen LogP) is 2.96. The van der Waals surface area contributed by atoms with E-state index in [1.54, 1.807) is 0 Å². The highest BCUT2D eigenvalue weighted by atomic mass is 79.9. The largest absolute Gasteiger partial charge is 0.245 e. The molecular weight excluding hydrogens is 210 g/mol. The van der Waals surface area contributed by atoms with Crippen LogP contribution in [0, 0.1) is 0 Å². The Kier molecular flexibility index (Phi) is 2.86. The van der Waals surface area contributed by atoms with Gasteiger partial charge in [0.1, 0.15) is 0 Å². The Balaban J connectivity index is 2.89. The zero-order chi connectivity index (χ0) is 7.56. The van der Waals surface area contributed by atoms with Crippen LogP contribution in [-0.2, 0) is 9.12 Å². The van der Waals surface area contributed by atoms with Crippen molar-refractivity contribution in [1.29, 1.82) is 0 Å². The molecule has 0 aromatic carbocycles. The lowest BCUT2D eigenvalue weighted by Crippen LogP contribution is -1.83. The average Bonchev–Trinajstić information content (AvgIpc) is 2.04. The van der Waals surface area contributed by atoms with E-state index < -0.39 is 0 Å². The molecule has 1 rings (SSSR count). The van der Waals surface area contributed by atoms with Gasteiger partial charge in [-0.2, -0.15) is 0 Å². The van der Waals surface area contributed by atoms with Gasteiger partial charge in [-0.15, -0.1) is 0 Å². The van der Waals surface area contributed by atoms with Crippen LogP contribution in [0.3, 0.4) is 0 Å². The van der Waals surface area contributed by atoms with E-state index in [4.69, 9.17) is 0 Å². The third kappa shape index (κ3) is 2.06. The van der Waals surface area contributed by atoms with Gasteiger partial charge in [0.15, 0.2) is 0 Å². The second-order valence-corrected chi connectivity index (χ2v) is 5.36. The van der Waals surface area contributed by atoms with Gasteiger partial charge < -0.3 is 0 Å².